The van der Waals surface area contributed by atoms with E-state index in [1.165, 1.54) is 0 Å². The van der Waals surface area contributed by atoms with Crippen LogP contribution in [0.3, 0.4) is 0 Å². The molecule has 0 spiro atoms. The molecule has 0 amide bonds. The predicted octanol–water partition coefficient (Wildman–Crippen LogP) is 1.84. The van der Waals surface area contributed by atoms with Gasteiger partial charge in [-0.05, 0) is 33.5 Å². The molecule has 4 nitrogen and oxygen atoms in total. The molecule has 1 rings (SSSR count). The van der Waals surface area contributed by atoms with Crippen LogP contribution in [0.25, 0.3) is 5.57 Å². The Labute approximate surface area is 89.8 Å². The number of oxazole rings is 1. The Kier molecular flexibility index (Phi) is 3.64. The van der Waals surface area contributed by atoms with Gasteiger partial charge in [-0.25, -0.2) is 4.98 Å². The van der Waals surface area contributed by atoms with Crippen molar-refractivity contribution in [3.63, 3.8) is 0 Å². The zero-order valence-electron chi connectivity index (χ0n) is 9.53. The van der Waals surface area contributed by atoms with Gasteiger partial charge in [0.1, 0.15) is 17.9 Å². The van der Waals surface area contributed by atoms with Gasteiger partial charge in [0.2, 0.25) is 5.89 Å². The molecule has 0 fully saturated rings. The molecule has 80 valence electrons. The number of hydrogen-bond acceptors (Lipinski definition) is 4. The van der Waals surface area contributed by atoms with E-state index in [-0.39, 0.29) is 0 Å². The number of allylic oxidation sites excluding steroid dienone is 1. The van der Waals surface area contributed by atoms with E-state index in [2.05, 4.69) is 11.1 Å². The van der Waals surface area contributed by atoms with Crippen molar-refractivity contribution < 1.29 is 4.42 Å². The number of hydrogen-bond donors (Lipinski definition) is 0. The van der Waals surface area contributed by atoms with E-state index in [9.17, 15) is 0 Å². The molecule has 1 aromatic rings. The normalized spacial score (nSPS) is 12.5. The maximum Gasteiger partial charge on any atom is 0.236 e. The van der Waals surface area contributed by atoms with Crippen LogP contribution in [0.2, 0.25) is 0 Å². The lowest BCUT2D eigenvalue weighted by Crippen LogP contribution is -2.14. The van der Waals surface area contributed by atoms with Crippen LogP contribution in [0.5, 0.6) is 0 Å². The zero-order chi connectivity index (χ0) is 11.4. The van der Waals surface area contributed by atoms with E-state index >= 15 is 0 Å². The van der Waals surface area contributed by atoms with Gasteiger partial charge in [-0.1, -0.05) is 0 Å². The van der Waals surface area contributed by atoms with Gasteiger partial charge in [0.15, 0.2) is 0 Å². The highest BCUT2D eigenvalue weighted by Crippen LogP contribution is 2.17. The lowest BCUT2D eigenvalue weighted by Gasteiger charge is -2.10. The Morgan fingerprint density at radius 1 is 1.60 bits per heavy atom. The molecule has 0 atom stereocenters. The Morgan fingerprint density at radius 3 is 2.67 bits per heavy atom. The first-order valence-electron chi connectivity index (χ1n) is 4.71. The van der Waals surface area contributed by atoms with Crippen molar-refractivity contribution in [2.75, 3.05) is 20.6 Å². The molecule has 1 heterocycles. The molecule has 0 aromatic carbocycles. The average Bonchev–Trinajstić information content (AvgIpc) is 2.51. The molecule has 0 unspecified atom stereocenters. The number of likely N-dealkylation sites (N-methyl/N-ethyl adjacent to an activating group) is 1. The topological polar surface area (TPSA) is 53.1 Å². The van der Waals surface area contributed by atoms with Gasteiger partial charge in [-0.2, -0.15) is 5.26 Å². The van der Waals surface area contributed by atoms with Gasteiger partial charge in [0.05, 0.1) is 5.69 Å². The molecule has 0 saturated heterocycles. The molecule has 15 heavy (non-hydrogen) atoms. The highest BCUT2D eigenvalue weighted by Gasteiger charge is 2.11. The highest BCUT2D eigenvalue weighted by atomic mass is 16.3. The third-order valence-corrected chi connectivity index (χ3v) is 1.92. The van der Waals surface area contributed by atoms with Crippen molar-refractivity contribution >= 4 is 5.57 Å². The summed E-state index contributed by atoms with van der Waals surface area (Å²) in [5.41, 5.74) is 2.27. The average molecular weight is 205 g/mol. The first kappa shape index (κ1) is 11.5. The summed E-state index contributed by atoms with van der Waals surface area (Å²) in [4.78, 5) is 6.15. The third-order valence-electron chi connectivity index (χ3n) is 1.92. The zero-order valence-corrected chi connectivity index (χ0v) is 9.53. The Balaban J connectivity index is 3.03. The summed E-state index contributed by atoms with van der Waals surface area (Å²) < 4.78 is 5.21. The second kappa shape index (κ2) is 4.76. The molecule has 0 bridgehead atoms. The van der Waals surface area contributed by atoms with Crippen LogP contribution in [0.15, 0.2) is 16.3 Å². The van der Waals surface area contributed by atoms with Crippen LogP contribution < -0.4 is 0 Å². The summed E-state index contributed by atoms with van der Waals surface area (Å²) >= 11 is 0. The fourth-order valence-electron chi connectivity index (χ4n) is 1.35. The lowest BCUT2D eigenvalue weighted by atomic mass is 10.1. The quantitative estimate of drug-likeness (QED) is 0.706. The standard InChI is InChI=1S/C11H15N3O/c1-8(6-14(3)4)10(5-12)11-13-9(2)7-15-11/h7H,6H2,1-4H3. The lowest BCUT2D eigenvalue weighted by molar-refractivity contribution is 0.445. The predicted molar refractivity (Wildman–Crippen MR) is 58.0 cm³/mol. The van der Waals surface area contributed by atoms with E-state index < -0.39 is 0 Å². The monoisotopic (exact) mass is 205 g/mol. The molecular formula is C11H15N3O. The molecule has 1 aromatic heterocycles. The van der Waals surface area contributed by atoms with Crippen LogP contribution in [0.4, 0.5) is 0 Å². The number of rotatable bonds is 3. The number of nitriles is 1. The SMILES string of the molecule is CC(CN(C)C)=C(C#N)c1nc(C)co1. The van der Waals surface area contributed by atoms with Crippen molar-refractivity contribution in [3.8, 4) is 6.07 Å². The summed E-state index contributed by atoms with van der Waals surface area (Å²) in [5.74, 6) is 0.411. The molecule has 0 radical (unpaired) electrons. The maximum atomic E-state index is 9.05. The van der Waals surface area contributed by atoms with Gasteiger partial charge in [-0.3, -0.25) is 0 Å². The fourth-order valence-corrected chi connectivity index (χ4v) is 1.35. The van der Waals surface area contributed by atoms with Gasteiger partial charge in [0.25, 0.3) is 0 Å². The third kappa shape index (κ3) is 2.93. The van der Waals surface area contributed by atoms with E-state index in [0.717, 1.165) is 17.8 Å². The van der Waals surface area contributed by atoms with Crippen LogP contribution in [-0.4, -0.2) is 30.5 Å². The fraction of sp³-hybridized carbons (Fsp3) is 0.455. The van der Waals surface area contributed by atoms with Crippen molar-refractivity contribution in [1.82, 2.24) is 9.88 Å². The number of aromatic nitrogens is 1. The summed E-state index contributed by atoms with van der Waals surface area (Å²) in [7, 11) is 3.92. The van der Waals surface area contributed by atoms with Crippen LogP contribution in [0, 0.1) is 18.3 Å². The minimum absolute atomic E-state index is 0.411. The minimum atomic E-state index is 0.411. The first-order chi connectivity index (χ1) is 7.04. The van der Waals surface area contributed by atoms with Gasteiger partial charge < -0.3 is 9.32 Å². The van der Waals surface area contributed by atoms with Gasteiger partial charge in [-0.15, -0.1) is 0 Å². The molecular weight excluding hydrogens is 190 g/mol. The summed E-state index contributed by atoms with van der Waals surface area (Å²) in [6, 6.07) is 2.13. The molecule has 0 saturated carbocycles. The first-order valence-corrected chi connectivity index (χ1v) is 4.71. The van der Waals surface area contributed by atoms with Crippen LogP contribution in [0.1, 0.15) is 18.5 Å². The summed E-state index contributed by atoms with van der Waals surface area (Å²) in [5, 5.41) is 9.05. The van der Waals surface area contributed by atoms with Crippen LogP contribution in [-0.2, 0) is 0 Å². The Morgan fingerprint density at radius 2 is 2.27 bits per heavy atom. The molecule has 4 heteroatoms. The molecule has 0 aliphatic heterocycles. The number of nitrogens with zero attached hydrogens (tertiary/aromatic N) is 3. The maximum absolute atomic E-state index is 9.05. The second-order valence-corrected chi connectivity index (χ2v) is 3.80. The van der Waals surface area contributed by atoms with E-state index in [0.29, 0.717) is 11.5 Å². The molecule has 0 aliphatic carbocycles. The minimum Gasteiger partial charge on any atom is -0.444 e. The highest BCUT2D eigenvalue weighted by molar-refractivity contribution is 5.74. The smallest absolute Gasteiger partial charge is 0.236 e. The van der Waals surface area contributed by atoms with Crippen LogP contribution >= 0.6 is 0 Å². The van der Waals surface area contributed by atoms with Gasteiger partial charge >= 0.3 is 0 Å². The van der Waals surface area contributed by atoms with Crippen molar-refractivity contribution in [1.29, 1.82) is 5.26 Å². The molecule has 0 N–H and O–H groups in total. The van der Waals surface area contributed by atoms with E-state index in [1.807, 2.05) is 32.8 Å². The van der Waals surface area contributed by atoms with Crippen molar-refractivity contribution in [2.45, 2.75) is 13.8 Å². The van der Waals surface area contributed by atoms with E-state index in [1.54, 1.807) is 6.26 Å². The summed E-state index contributed by atoms with van der Waals surface area (Å²) in [6.45, 7) is 4.48. The number of aryl methyl sites for hydroxylation is 1. The largest absolute Gasteiger partial charge is 0.444 e. The van der Waals surface area contributed by atoms with Crippen molar-refractivity contribution in [3.05, 3.63) is 23.4 Å². The van der Waals surface area contributed by atoms with Gasteiger partial charge in [0, 0.05) is 6.54 Å². The van der Waals surface area contributed by atoms with Crippen molar-refractivity contribution in [2.24, 2.45) is 0 Å². The Hall–Kier alpha value is -1.60. The summed E-state index contributed by atoms with van der Waals surface area (Å²) in [6.07, 6.45) is 1.55. The molecule has 0 aliphatic rings. The Bertz CT molecular complexity index is 410. The second-order valence-electron chi connectivity index (χ2n) is 3.80. The van der Waals surface area contributed by atoms with E-state index in [4.69, 9.17) is 9.68 Å².